The van der Waals surface area contributed by atoms with Crippen molar-refractivity contribution in [3.05, 3.63) is 44.8 Å². The summed E-state index contributed by atoms with van der Waals surface area (Å²) in [5.74, 6) is 2.10. The highest BCUT2D eigenvalue weighted by atomic mass is 31.3. The molecule has 1 aromatic heterocycles. The van der Waals surface area contributed by atoms with E-state index in [0.717, 1.165) is 4.57 Å². The summed E-state index contributed by atoms with van der Waals surface area (Å²) in [6, 6.07) is 0. The van der Waals surface area contributed by atoms with E-state index >= 15 is 0 Å². The number of phosphoric ester groups is 1. The van der Waals surface area contributed by atoms with Gasteiger partial charge in [0.15, 0.2) is 11.8 Å². The normalized spacial score (nSPS) is 25.4. The Morgan fingerprint density at radius 1 is 1.23 bits per heavy atom. The Bertz CT molecular complexity index is 1160. The van der Waals surface area contributed by atoms with E-state index in [-0.39, 0.29) is 5.56 Å². The fraction of sp³-hybridized carbons (Fsp3) is 0.333. The minimum atomic E-state index is -5.69. The van der Waals surface area contributed by atoms with Gasteiger partial charge in [-0.1, -0.05) is 5.92 Å². The minimum absolute atomic E-state index is 0.179. The molecule has 0 spiro atoms. The molecule has 18 heteroatoms. The van der Waals surface area contributed by atoms with E-state index in [0.29, 0.717) is 0 Å². The topological polar surface area (TPSA) is 224 Å². The number of ether oxygens (including phenoxy) is 1. The largest absolute Gasteiger partial charge is 0.490 e. The van der Waals surface area contributed by atoms with Crippen molar-refractivity contribution in [3.8, 4) is 12.3 Å². The van der Waals surface area contributed by atoms with Crippen LogP contribution >= 0.6 is 23.5 Å². The highest BCUT2D eigenvalue weighted by Gasteiger charge is 2.43. The van der Waals surface area contributed by atoms with E-state index in [1.54, 1.807) is 0 Å². The Kier molecular flexibility index (Phi) is 6.95. The predicted molar refractivity (Wildman–Crippen MR) is 96.7 cm³/mol. The molecule has 2 rings (SSSR count). The molecule has 1 aliphatic heterocycles. The van der Waals surface area contributed by atoms with Gasteiger partial charge in [-0.2, -0.15) is 8.62 Å². The molecule has 1 aromatic rings. The molecule has 0 saturated carbocycles. The van der Waals surface area contributed by atoms with E-state index in [9.17, 15) is 28.2 Å². The van der Waals surface area contributed by atoms with Gasteiger partial charge < -0.3 is 24.3 Å². The van der Waals surface area contributed by atoms with Crippen molar-refractivity contribution in [2.75, 3.05) is 6.61 Å². The summed E-state index contributed by atoms with van der Waals surface area (Å²) in [5.41, 5.74) is -3.12. The second kappa shape index (κ2) is 8.47. The predicted octanol–water partition coefficient (Wildman–Crippen LogP) is -0.355. The molecule has 0 saturated heterocycles. The van der Waals surface area contributed by atoms with Crippen molar-refractivity contribution in [3.63, 3.8) is 0 Å². The number of hydrogen-bond acceptors (Lipinski definition) is 9. The van der Waals surface area contributed by atoms with Crippen molar-refractivity contribution >= 4 is 23.5 Å². The zero-order chi connectivity index (χ0) is 23.0. The molecule has 166 valence electrons. The van der Waals surface area contributed by atoms with Crippen LogP contribution in [-0.4, -0.2) is 41.3 Å². The number of terminal acetylenes is 1. The molecule has 4 atom stereocenters. The summed E-state index contributed by atoms with van der Waals surface area (Å²) in [7, 11) is -16.7. The lowest BCUT2D eigenvalue weighted by molar-refractivity contribution is -0.0493. The van der Waals surface area contributed by atoms with Gasteiger partial charge >= 0.3 is 29.2 Å². The number of aromatic amines is 1. The Hall–Kier alpha value is -1.65. The summed E-state index contributed by atoms with van der Waals surface area (Å²) in [5, 5.41) is 0. The van der Waals surface area contributed by atoms with Gasteiger partial charge in [-0.25, -0.2) is 18.5 Å². The molecule has 4 unspecified atom stereocenters. The number of H-pyrrole nitrogens is 1. The Balaban J connectivity index is 2.13. The molecule has 0 amide bonds. The standard InChI is InChI=1S/C12H15N2O13P3/c1-3-12(7-24-29(20,21)27-30(22,23)26-28(17,18)19)5-4-9(25-12)14-6-8(2)10(15)13-11(14)16/h1,4-6,9H,7H2,2H3,(H,20,21)(H,22,23)(H,13,15,16)(H2,17,18,19). The molecule has 0 bridgehead atoms. The van der Waals surface area contributed by atoms with Crippen LogP contribution in [0.15, 0.2) is 27.9 Å². The maximum absolute atomic E-state index is 11.9. The van der Waals surface area contributed by atoms with Crippen LogP contribution in [0, 0.1) is 19.3 Å². The fourth-order valence-electron chi connectivity index (χ4n) is 2.14. The zero-order valence-corrected chi connectivity index (χ0v) is 17.5. The van der Waals surface area contributed by atoms with Crippen molar-refractivity contribution in [1.29, 1.82) is 0 Å². The maximum Gasteiger partial charge on any atom is 0.490 e. The van der Waals surface area contributed by atoms with Gasteiger partial charge in [0.2, 0.25) is 0 Å². The molecule has 0 fully saturated rings. The van der Waals surface area contributed by atoms with E-state index in [4.69, 9.17) is 25.8 Å². The molecule has 0 aromatic carbocycles. The van der Waals surface area contributed by atoms with Gasteiger partial charge in [0.1, 0.15) is 6.61 Å². The molecule has 5 N–H and O–H groups in total. The third kappa shape index (κ3) is 6.42. The van der Waals surface area contributed by atoms with E-state index in [2.05, 4.69) is 19.1 Å². The highest BCUT2D eigenvalue weighted by molar-refractivity contribution is 7.66. The third-order valence-corrected chi connectivity index (χ3v) is 7.17. The molecule has 0 radical (unpaired) electrons. The molecule has 15 nitrogen and oxygen atoms in total. The number of nitrogens with one attached hydrogen (secondary N) is 1. The number of aryl methyl sites for hydroxylation is 1. The summed E-state index contributed by atoms with van der Waals surface area (Å²) in [4.78, 5) is 61.0. The van der Waals surface area contributed by atoms with Gasteiger partial charge in [0.25, 0.3) is 5.56 Å². The zero-order valence-electron chi connectivity index (χ0n) is 14.8. The average Bonchev–Trinajstić information content (AvgIpc) is 2.98. The molecule has 0 aliphatic carbocycles. The number of aromatic nitrogens is 2. The molecular weight excluding hydrogens is 473 g/mol. The van der Waals surface area contributed by atoms with E-state index in [1.165, 1.54) is 25.3 Å². The van der Waals surface area contributed by atoms with Crippen LogP contribution in [0.4, 0.5) is 0 Å². The number of phosphoric acid groups is 3. The third-order valence-electron chi connectivity index (χ3n) is 3.38. The van der Waals surface area contributed by atoms with Crippen LogP contribution in [0.5, 0.6) is 0 Å². The second-order valence-electron chi connectivity index (χ2n) is 5.74. The Labute approximate surface area is 167 Å². The van der Waals surface area contributed by atoms with Crippen molar-refractivity contribution in [1.82, 2.24) is 9.55 Å². The smallest absolute Gasteiger partial charge is 0.329 e. The van der Waals surface area contributed by atoms with Crippen molar-refractivity contribution in [2.24, 2.45) is 0 Å². The van der Waals surface area contributed by atoms with Gasteiger partial charge in [0, 0.05) is 11.8 Å². The number of hydrogen-bond donors (Lipinski definition) is 5. The lowest BCUT2D eigenvalue weighted by Crippen LogP contribution is -2.37. The Morgan fingerprint density at radius 3 is 2.43 bits per heavy atom. The van der Waals surface area contributed by atoms with Crippen LogP contribution in [-0.2, 0) is 31.6 Å². The first kappa shape index (κ1) is 24.6. The number of rotatable bonds is 8. The van der Waals surface area contributed by atoms with Gasteiger partial charge in [-0.15, -0.1) is 6.42 Å². The highest BCUT2D eigenvalue weighted by Crippen LogP contribution is 2.66. The first-order valence-corrected chi connectivity index (χ1v) is 12.0. The molecule has 2 heterocycles. The summed E-state index contributed by atoms with van der Waals surface area (Å²) in [6.07, 6.45) is 7.84. The molecular formula is C12H15N2O13P3. The summed E-state index contributed by atoms with van der Waals surface area (Å²) in [6.45, 7) is 0.481. The van der Waals surface area contributed by atoms with Gasteiger partial charge in [-0.05, 0) is 19.1 Å². The average molecular weight is 488 g/mol. The Morgan fingerprint density at radius 2 is 1.87 bits per heavy atom. The first-order valence-electron chi connectivity index (χ1n) is 7.52. The lowest BCUT2D eigenvalue weighted by Gasteiger charge is -2.25. The fourth-order valence-corrected chi connectivity index (χ4v) is 5.19. The van der Waals surface area contributed by atoms with Crippen LogP contribution < -0.4 is 11.2 Å². The molecule has 1 aliphatic rings. The number of nitrogens with zero attached hydrogens (tertiary/aromatic N) is 1. The first-order chi connectivity index (χ1) is 13.6. The maximum atomic E-state index is 11.9. The van der Waals surface area contributed by atoms with Crippen molar-refractivity contribution < 1.29 is 51.2 Å². The van der Waals surface area contributed by atoms with Crippen LogP contribution in [0.2, 0.25) is 0 Å². The quantitative estimate of drug-likeness (QED) is 0.179. The van der Waals surface area contributed by atoms with Crippen LogP contribution in [0.3, 0.4) is 0 Å². The monoisotopic (exact) mass is 488 g/mol. The van der Waals surface area contributed by atoms with E-state index < -0.39 is 53.2 Å². The summed E-state index contributed by atoms with van der Waals surface area (Å²) < 4.78 is 51.8. The molecule has 30 heavy (non-hydrogen) atoms. The minimum Gasteiger partial charge on any atom is -0.329 e. The van der Waals surface area contributed by atoms with Gasteiger partial charge in [0.05, 0.1) is 0 Å². The summed E-state index contributed by atoms with van der Waals surface area (Å²) >= 11 is 0. The van der Waals surface area contributed by atoms with Crippen molar-refractivity contribution in [2.45, 2.75) is 18.8 Å². The second-order valence-corrected chi connectivity index (χ2v) is 10.2. The van der Waals surface area contributed by atoms with E-state index in [1.807, 2.05) is 4.98 Å². The van der Waals surface area contributed by atoms with Gasteiger partial charge in [-0.3, -0.25) is 18.9 Å². The SMILES string of the molecule is C#CC1(COP(=O)(O)OP(=O)(O)OP(=O)(O)O)C=CC(n2cc(C)c(=O)[nH]c2=O)O1. The van der Waals surface area contributed by atoms with Crippen LogP contribution in [0.25, 0.3) is 0 Å². The lowest BCUT2D eigenvalue weighted by atomic mass is 10.1. The van der Waals surface area contributed by atoms with Crippen LogP contribution in [0.1, 0.15) is 11.8 Å².